The topological polar surface area (TPSA) is 47.3 Å². The van der Waals surface area contributed by atoms with E-state index in [1.807, 2.05) is 18.5 Å². The zero-order valence-corrected chi connectivity index (χ0v) is 9.24. The van der Waals surface area contributed by atoms with Crippen LogP contribution in [0.5, 0.6) is 0 Å². The first-order chi connectivity index (χ1) is 6.57. The second-order valence-corrected chi connectivity index (χ2v) is 3.48. The van der Waals surface area contributed by atoms with Gasteiger partial charge in [-0.2, -0.15) is 5.10 Å². The second-order valence-electron chi connectivity index (χ2n) is 3.48. The fourth-order valence-corrected chi connectivity index (χ4v) is 1.71. The summed E-state index contributed by atoms with van der Waals surface area (Å²) < 4.78 is 6.86. The summed E-state index contributed by atoms with van der Waals surface area (Å²) in [5.74, 6) is 0. The lowest BCUT2D eigenvalue weighted by atomic mass is 10.1. The minimum Gasteiger partial charge on any atom is -0.389 e. The molecule has 0 spiro atoms. The number of methoxy groups -OCH3 is 1. The lowest BCUT2D eigenvalue weighted by molar-refractivity contribution is 0.181. The van der Waals surface area contributed by atoms with Crippen LogP contribution in [-0.4, -0.2) is 28.6 Å². The van der Waals surface area contributed by atoms with Gasteiger partial charge in [-0.1, -0.05) is 0 Å². The summed E-state index contributed by atoms with van der Waals surface area (Å²) in [7, 11) is 1.67. The van der Waals surface area contributed by atoms with Gasteiger partial charge in [0.2, 0.25) is 0 Å². The van der Waals surface area contributed by atoms with Crippen molar-refractivity contribution in [2.45, 2.75) is 33.4 Å². The van der Waals surface area contributed by atoms with Crippen molar-refractivity contribution < 1.29 is 9.84 Å². The predicted octanol–water partition coefficient (Wildman–Crippen LogP) is 1.20. The van der Waals surface area contributed by atoms with E-state index in [1.54, 1.807) is 14.0 Å². The van der Waals surface area contributed by atoms with Crippen molar-refractivity contribution in [2.75, 3.05) is 13.7 Å². The number of ether oxygens (including phenoxy) is 1. The minimum atomic E-state index is -0.453. The Labute approximate surface area is 84.5 Å². The quantitative estimate of drug-likeness (QED) is 0.790. The molecule has 0 aliphatic rings. The van der Waals surface area contributed by atoms with Crippen molar-refractivity contribution in [3.63, 3.8) is 0 Å². The Morgan fingerprint density at radius 2 is 2.14 bits per heavy atom. The molecule has 0 fully saturated rings. The van der Waals surface area contributed by atoms with Crippen molar-refractivity contribution in [1.82, 2.24) is 9.78 Å². The van der Waals surface area contributed by atoms with E-state index in [9.17, 15) is 5.11 Å². The Bertz CT molecular complexity index is 305. The maximum atomic E-state index is 9.54. The van der Waals surface area contributed by atoms with E-state index in [0.717, 1.165) is 23.5 Å². The van der Waals surface area contributed by atoms with Crippen molar-refractivity contribution in [2.24, 2.45) is 0 Å². The molecule has 0 aliphatic carbocycles. The van der Waals surface area contributed by atoms with Crippen LogP contribution in [0.3, 0.4) is 0 Å². The fourth-order valence-electron chi connectivity index (χ4n) is 1.71. The number of aromatic nitrogens is 2. The molecule has 1 aromatic heterocycles. The third kappa shape index (κ3) is 2.13. The molecule has 4 nitrogen and oxygen atoms in total. The molecule has 14 heavy (non-hydrogen) atoms. The van der Waals surface area contributed by atoms with Crippen LogP contribution >= 0.6 is 0 Å². The maximum Gasteiger partial charge on any atom is 0.0797 e. The average molecular weight is 198 g/mol. The maximum absolute atomic E-state index is 9.54. The van der Waals surface area contributed by atoms with E-state index < -0.39 is 6.10 Å². The number of hydrogen-bond donors (Lipinski definition) is 1. The Morgan fingerprint density at radius 1 is 1.50 bits per heavy atom. The summed E-state index contributed by atoms with van der Waals surface area (Å²) in [6, 6.07) is 0. The molecule has 1 aromatic rings. The van der Waals surface area contributed by atoms with Crippen LogP contribution in [0.25, 0.3) is 0 Å². The number of hydrogen-bond acceptors (Lipinski definition) is 3. The fraction of sp³-hybridized carbons (Fsp3) is 0.700. The Hall–Kier alpha value is -0.870. The number of rotatable bonds is 4. The molecule has 0 saturated heterocycles. The standard InChI is InChI=1S/C10H18N2O2/c1-7-10(9(3)13)8(2)12(11-7)5-6-14-4/h9,13H,5-6H2,1-4H3/t9-/m1/s1. The van der Waals surface area contributed by atoms with Crippen LogP contribution in [0.15, 0.2) is 0 Å². The molecule has 1 N–H and O–H groups in total. The summed E-state index contributed by atoms with van der Waals surface area (Å²) in [5.41, 5.74) is 2.85. The first kappa shape index (κ1) is 11.2. The highest BCUT2D eigenvalue weighted by molar-refractivity contribution is 5.26. The van der Waals surface area contributed by atoms with Gasteiger partial charge in [0.1, 0.15) is 0 Å². The van der Waals surface area contributed by atoms with Crippen LogP contribution in [0.1, 0.15) is 30.0 Å². The third-order valence-corrected chi connectivity index (χ3v) is 2.36. The van der Waals surface area contributed by atoms with Crippen LogP contribution in [0.2, 0.25) is 0 Å². The molecular formula is C10H18N2O2. The lowest BCUT2D eigenvalue weighted by Gasteiger charge is -2.06. The first-order valence-electron chi connectivity index (χ1n) is 4.78. The summed E-state index contributed by atoms with van der Waals surface area (Å²) in [4.78, 5) is 0. The summed E-state index contributed by atoms with van der Waals surface area (Å²) >= 11 is 0. The summed E-state index contributed by atoms with van der Waals surface area (Å²) in [6.07, 6.45) is -0.453. The normalized spacial score (nSPS) is 13.2. The van der Waals surface area contributed by atoms with Crippen molar-refractivity contribution in [1.29, 1.82) is 0 Å². The van der Waals surface area contributed by atoms with Gasteiger partial charge in [0.05, 0.1) is 24.9 Å². The van der Waals surface area contributed by atoms with E-state index in [1.165, 1.54) is 0 Å². The van der Waals surface area contributed by atoms with Gasteiger partial charge in [-0.3, -0.25) is 4.68 Å². The zero-order chi connectivity index (χ0) is 10.7. The van der Waals surface area contributed by atoms with E-state index in [2.05, 4.69) is 5.10 Å². The summed E-state index contributed by atoms with van der Waals surface area (Å²) in [6.45, 7) is 7.02. The van der Waals surface area contributed by atoms with Crippen LogP contribution < -0.4 is 0 Å². The highest BCUT2D eigenvalue weighted by atomic mass is 16.5. The lowest BCUT2D eigenvalue weighted by Crippen LogP contribution is -2.08. The molecule has 0 bridgehead atoms. The SMILES string of the molecule is COCCn1nc(C)c([C@@H](C)O)c1C. The van der Waals surface area contributed by atoms with Crippen LogP contribution in [0.4, 0.5) is 0 Å². The zero-order valence-electron chi connectivity index (χ0n) is 9.24. The van der Waals surface area contributed by atoms with Crippen LogP contribution in [-0.2, 0) is 11.3 Å². The van der Waals surface area contributed by atoms with E-state index in [0.29, 0.717) is 6.61 Å². The van der Waals surface area contributed by atoms with Gasteiger partial charge >= 0.3 is 0 Å². The minimum absolute atomic E-state index is 0.453. The predicted molar refractivity (Wildman–Crippen MR) is 54.2 cm³/mol. The molecule has 1 atom stereocenters. The van der Waals surface area contributed by atoms with Crippen LogP contribution in [0, 0.1) is 13.8 Å². The Morgan fingerprint density at radius 3 is 2.57 bits per heavy atom. The molecule has 1 rings (SSSR count). The van der Waals surface area contributed by atoms with Gasteiger partial charge in [0, 0.05) is 18.4 Å². The third-order valence-electron chi connectivity index (χ3n) is 2.36. The average Bonchev–Trinajstić information content (AvgIpc) is 2.38. The molecular weight excluding hydrogens is 180 g/mol. The number of aryl methyl sites for hydroxylation is 1. The van der Waals surface area contributed by atoms with Crippen molar-refractivity contribution in [3.05, 3.63) is 17.0 Å². The molecule has 0 aromatic carbocycles. The molecule has 0 amide bonds. The van der Waals surface area contributed by atoms with Gasteiger partial charge < -0.3 is 9.84 Å². The molecule has 4 heteroatoms. The van der Waals surface area contributed by atoms with E-state index in [-0.39, 0.29) is 0 Å². The molecule has 0 unspecified atom stereocenters. The smallest absolute Gasteiger partial charge is 0.0797 e. The highest BCUT2D eigenvalue weighted by Gasteiger charge is 2.14. The molecule has 0 aliphatic heterocycles. The molecule has 80 valence electrons. The van der Waals surface area contributed by atoms with Crippen molar-refractivity contribution >= 4 is 0 Å². The van der Waals surface area contributed by atoms with Gasteiger partial charge in [0.25, 0.3) is 0 Å². The number of aliphatic hydroxyl groups is 1. The number of aliphatic hydroxyl groups excluding tert-OH is 1. The molecule has 1 heterocycles. The van der Waals surface area contributed by atoms with E-state index >= 15 is 0 Å². The molecule has 0 radical (unpaired) electrons. The highest BCUT2D eigenvalue weighted by Crippen LogP contribution is 2.20. The van der Waals surface area contributed by atoms with Gasteiger partial charge in [-0.15, -0.1) is 0 Å². The Balaban J connectivity index is 2.92. The number of nitrogens with zero attached hydrogens (tertiary/aromatic N) is 2. The second kappa shape index (κ2) is 4.57. The van der Waals surface area contributed by atoms with Gasteiger partial charge in [0.15, 0.2) is 0 Å². The summed E-state index contributed by atoms with van der Waals surface area (Å²) in [5, 5.41) is 13.9. The Kier molecular flexibility index (Phi) is 3.66. The monoisotopic (exact) mass is 198 g/mol. The first-order valence-corrected chi connectivity index (χ1v) is 4.78. The largest absolute Gasteiger partial charge is 0.389 e. The molecule has 0 saturated carbocycles. The van der Waals surface area contributed by atoms with Crippen molar-refractivity contribution in [3.8, 4) is 0 Å². The van der Waals surface area contributed by atoms with Gasteiger partial charge in [-0.05, 0) is 20.8 Å². The van der Waals surface area contributed by atoms with Gasteiger partial charge in [-0.25, -0.2) is 0 Å². The van der Waals surface area contributed by atoms with E-state index in [4.69, 9.17) is 4.74 Å².